The predicted molar refractivity (Wildman–Crippen MR) is 99.9 cm³/mol. The summed E-state index contributed by atoms with van der Waals surface area (Å²) < 4.78 is 10.3. The van der Waals surface area contributed by atoms with Crippen molar-refractivity contribution in [1.82, 2.24) is 10.6 Å². The number of benzene rings is 2. The van der Waals surface area contributed by atoms with Gasteiger partial charge < -0.3 is 19.9 Å². The van der Waals surface area contributed by atoms with Crippen molar-refractivity contribution in [3.63, 3.8) is 0 Å². The average molecular weight is 374 g/mol. The van der Waals surface area contributed by atoms with E-state index in [2.05, 4.69) is 10.6 Å². The van der Waals surface area contributed by atoms with E-state index in [4.69, 9.17) is 26.8 Å². The van der Waals surface area contributed by atoms with Crippen LogP contribution < -0.4 is 20.1 Å². The van der Waals surface area contributed by atoms with Gasteiger partial charge in [-0.1, -0.05) is 12.1 Å². The fourth-order valence-electron chi connectivity index (χ4n) is 2.14. The summed E-state index contributed by atoms with van der Waals surface area (Å²) in [5.41, 5.74) is 1.41. The van der Waals surface area contributed by atoms with Crippen molar-refractivity contribution >= 4 is 29.2 Å². The molecule has 136 valence electrons. The minimum absolute atomic E-state index is 0.159. The molecular weight excluding hydrogens is 356 g/mol. The first kappa shape index (κ1) is 19.2. The molecule has 2 rings (SSSR count). The van der Waals surface area contributed by atoms with E-state index in [9.17, 15) is 9.59 Å². The molecule has 0 spiro atoms. The van der Waals surface area contributed by atoms with E-state index in [0.717, 1.165) is 5.56 Å². The lowest BCUT2D eigenvalue weighted by Crippen LogP contribution is -2.38. The summed E-state index contributed by atoms with van der Waals surface area (Å²) in [4.78, 5) is 23.1. The van der Waals surface area contributed by atoms with Crippen LogP contribution >= 0.6 is 12.2 Å². The highest BCUT2D eigenvalue weighted by atomic mass is 32.1. The second kappa shape index (κ2) is 8.82. The molecule has 0 saturated carbocycles. The molecule has 0 saturated heterocycles. The van der Waals surface area contributed by atoms with Crippen LogP contribution in [-0.2, 0) is 6.54 Å². The second-order valence-corrected chi connectivity index (χ2v) is 5.62. The number of aromatic carboxylic acids is 1. The molecule has 0 bridgehead atoms. The highest BCUT2D eigenvalue weighted by molar-refractivity contribution is 7.80. The van der Waals surface area contributed by atoms with Crippen molar-refractivity contribution in [2.75, 3.05) is 14.2 Å². The number of carbonyl (C=O) groups is 2. The molecule has 3 N–H and O–H groups in total. The molecule has 0 fully saturated rings. The van der Waals surface area contributed by atoms with Crippen LogP contribution in [0.25, 0.3) is 0 Å². The minimum Gasteiger partial charge on any atom is -0.493 e. The molecule has 0 aliphatic rings. The van der Waals surface area contributed by atoms with E-state index in [1.807, 2.05) is 0 Å². The van der Waals surface area contributed by atoms with Gasteiger partial charge >= 0.3 is 5.97 Å². The first-order chi connectivity index (χ1) is 12.4. The third kappa shape index (κ3) is 4.93. The fourth-order valence-corrected chi connectivity index (χ4v) is 2.31. The summed E-state index contributed by atoms with van der Waals surface area (Å²) >= 11 is 5.11. The topological polar surface area (TPSA) is 96.9 Å². The lowest BCUT2D eigenvalue weighted by molar-refractivity contribution is 0.0696. The van der Waals surface area contributed by atoms with Gasteiger partial charge in [0.25, 0.3) is 5.91 Å². The van der Waals surface area contributed by atoms with Gasteiger partial charge in [-0.05, 0) is 48.1 Å². The van der Waals surface area contributed by atoms with Gasteiger partial charge in [0.1, 0.15) is 0 Å². The van der Waals surface area contributed by atoms with Gasteiger partial charge in [0.15, 0.2) is 16.6 Å². The molecule has 0 atom stereocenters. The molecule has 0 aromatic heterocycles. The number of ether oxygens (including phenoxy) is 2. The SMILES string of the molecule is COc1ccc(C(=O)NC(=S)NCc2ccc(C(=O)O)cc2)cc1OC. The van der Waals surface area contributed by atoms with Crippen molar-refractivity contribution in [3.05, 3.63) is 59.2 Å². The molecule has 7 nitrogen and oxygen atoms in total. The Morgan fingerprint density at radius 3 is 2.19 bits per heavy atom. The Morgan fingerprint density at radius 2 is 1.62 bits per heavy atom. The standard InChI is InChI=1S/C18H18N2O5S/c1-24-14-8-7-13(9-15(14)25-2)16(21)20-18(26)19-10-11-3-5-12(6-4-11)17(22)23/h3-9H,10H2,1-2H3,(H,22,23)(H2,19,20,21,26). The van der Waals surface area contributed by atoms with Gasteiger partial charge in [0.2, 0.25) is 0 Å². The van der Waals surface area contributed by atoms with Crippen LogP contribution in [0.15, 0.2) is 42.5 Å². The van der Waals surface area contributed by atoms with Crippen molar-refractivity contribution in [1.29, 1.82) is 0 Å². The van der Waals surface area contributed by atoms with Crippen molar-refractivity contribution in [3.8, 4) is 11.5 Å². The fraction of sp³-hybridized carbons (Fsp3) is 0.167. The van der Waals surface area contributed by atoms with Crippen molar-refractivity contribution < 1.29 is 24.2 Å². The molecule has 0 aliphatic heterocycles. The highest BCUT2D eigenvalue weighted by Gasteiger charge is 2.12. The number of methoxy groups -OCH3 is 2. The van der Waals surface area contributed by atoms with Crippen LogP contribution in [-0.4, -0.2) is 36.3 Å². The first-order valence-electron chi connectivity index (χ1n) is 7.58. The van der Waals surface area contributed by atoms with E-state index in [0.29, 0.717) is 23.6 Å². The molecule has 0 radical (unpaired) electrons. The summed E-state index contributed by atoms with van der Waals surface area (Å²) in [6.45, 7) is 0.352. The van der Waals surface area contributed by atoms with Crippen molar-refractivity contribution in [2.24, 2.45) is 0 Å². The Balaban J connectivity index is 1.92. The third-order valence-electron chi connectivity index (χ3n) is 3.53. The molecular formula is C18H18N2O5S. The second-order valence-electron chi connectivity index (χ2n) is 5.21. The zero-order chi connectivity index (χ0) is 19.1. The molecule has 26 heavy (non-hydrogen) atoms. The molecule has 2 aromatic carbocycles. The summed E-state index contributed by atoms with van der Waals surface area (Å²) in [7, 11) is 3.00. The quantitative estimate of drug-likeness (QED) is 0.667. The highest BCUT2D eigenvalue weighted by Crippen LogP contribution is 2.27. The van der Waals surface area contributed by atoms with Crippen LogP contribution in [0, 0.1) is 0 Å². The van der Waals surface area contributed by atoms with E-state index in [-0.39, 0.29) is 16.6 Å². The summed E-state index contributed by atoms with van der Waals surface area (Å²) in [5, 5.41) is 14.5. The summed E-state index contributed by atoms with van der Waals surface area (Å²) in [6.07, 6.45) is 0. The molecule has 8 heteroatoms. The number of hydrogen-bond acceptors (Lipinski definition) is 5. The lowest BCUT2D eigenvalue weighted by atomic mass is 10.1. The van der Waals surface area contributed by atoms with E-state index >= 15 is 0 Å². The van der Waals surface area contributed by atoms with Crippen molar-refractivity contribution in [2.45, 2.75) is 6.54 Å². The largest absolute Gasteiger partial charge is 0.493 e. The Hall–Kier alpha value is -3.13. The number of rotatable bonds is 6. The predicted octanol–water partition coefficient (Wildman–Crippen LogP) is 2.21. The Labute approximate surface area is 155 Å². The number of carboxylic acids is 1. The number of thiocarbonyl (C=S) groups is 1. The van der Waals surface area contributed by atoms with Crippen LogP contribution in [0.4, 0.5) is 0 Å². The van der Waals surface area contributed by atoms with Gasteiger partial charge in [-0.25, -0.2) is 4.79 Å². The van der Waals surface area contributed by atoms with Gasteiger partial charge in [0, 0.05) is 12.1 Å². The monoisotopic (exact) mass is 374 g/mol. The average Bonchev–Trinajstić information content (AvgIpc) is 2.65. The summed E-state index contributed by atoms with van der Waals surface area (Å²) in [6, 6.07) is 11.2. The van der Waals surface area contributed by atoms with Crippen LogP contribution in [0.5, 0.6) is 11.5 Å². The minimum atomic E-state index is -0.984. The van der Waals surface area contributed by atoms with E-state index in [1.165, 1.54) is 26.4 Å². The van der Waals surface area contributed by atoms with Gasteiger partial charge in [-0.2, -0.15) is 0 Å². The van der Waals surface area contributed by atoms with Gasteiger partial charge in [-0.15, -0.1) is 0 Å². The van der Waals surface area contributed by atoms with Crippen LogP contribution in [0.3, 0.4) is 0 Å². The zero-order valence-electron chi connectivity index (χ0n) is 14.2. The number of nitrogens with one attached hydrogen (secondary N) is 2. The number of carboxylic acid groups (broad SMARTS) is 1. The lowest BCUT2D eigenvalue weighted by Gasteiger charge is -2.12. The molecule has 0 aliphatic carbocycles. The van der Waals surface area contributed by atoms with E-state index in [1.54, 1.807) is 30.3 Å². The molecule has 1 amide bonds. The maximum absolute atomic E-state index is 12.3. The maximum Gasteiger partial charge on any atom is 0.335 e. The normalized spacial score (nSPS) is 9.92. The molecule has 0 unspecified atom stereocenters. The van der Waals surface area contributed by atoms with Crippen LogP contribution in [0.2, 0.25) is 0 Å². The first-order valence-corrected chi connectivity index (χ1v) is 7.99. The summed E-state index contributed by atoms with van der Waals surface area (Å²) in [5.74, 6) is -0.404. The van der Waals surface area contributed by atoms with Crippen LogP contribution in [0.1, 0.15) is 26.3 Å². The number of hydrogen-bond donors (Lipinski definition) is 3. The Morgan fingerprint density at radius 1 is 1.00 bits per heavy atom. The molecule has 0 heterocycles. The molecule has 2 aromatic rings. The Kier molecular flexibility index (Phi) is 6.51. The Bertz CT molecular complexity index is 821. The third-order valence-corrected chi connectivity index (χ3v) is 3.77. The zero-order valence-corrected chi connectivity index (χ0v) is 15.1. The maximum atomic E-state index is 12.3. The number of amides is 1. The number of carbonyl (C=O) groups excluding carboxylic acids is 1. The van der Waals surface area contributed by atoms with E-state index < -0.39 is 5.97 Å². The van der Waals surface area contributed by atoms with Gasteiger partial charge in [-0.3, -0.25) is 10.1 Å². The smallest absolute Gasteiger partial charge is 0.335 e. The van der Waals surface area contributed by atoms with Gasteiger partial charge in [0.05, 0.1) is 19.8 Å².